The molecule has 0 saturated heterocycles. The van der Waals surface area contributed by atoms with Crippen molar-refractivity contribution in [1.82, 2.24) is 4.90 Å². The summed E-state index contributed by atoms with van der Waals surface area (Å²) < 4.78 is 1.09. The van der Waals surface area contributed by atoms with Crippen LogP contribution in [-0.2, 0) is 11.3 Å². The van der Waals surface area contributed by atoms with E-state index < -0.39 is 0 Å². The summed E-state index contributed by atoms with van der Waals surface area (Å²) in [4.78, 5) is 14.0. The first-order chi connectivity index (χ1) is 8.29. The largest absolute Gasteiger partial charge is 0.302 e. The van der Waals surface area contributed by atoms with Crippen LogP contribution >= 0.6 is 15.9 Å². The van der Waals surface area contributed by atoms with Crippen molar-refractivity contribution in [2.45, 2.75) is 33.7 Å². The zero-order valence-corrected chi connectivity index (χ0v) is 13.3. The third-order valence-electron chi connectivity index (χ3n) is 2.92. The van der Waals surface area contributed by atoms with Crippen LogP contribution in [0.15, 0.2) is 28.7 Å². The molecule has 18 heavy (non-hydrogen) atoms. The summed E-state index contributed by atoms with van der Waals surface area (Å²) >= 11 is 3.43. The first kappa shape index (κ1) is 15.4. The highest BCUT2D eigenvalue weighted by Crippen LogP contribution is 2.17. The van der Waals surface area contributed by atoms with Gasteiger partial charge in [-0.2, -0.15) is 0 Å². The van der Waals surface area contributed by atoms with Crippen LogP contribution in [0.25, 0.3) is 0 Å². The number of carbonyl (C=O) groups excluding carboxylic acids is 1. The maximum atomic E-state index is 11.8. The minimum Gasteiger partial charge on any atom is -0.302 e. The van der Waals surface area contributed by atoms with Crippen molar-refractivity contribution in [3.63, 3.8) is 0 Å². The summed E-state index contributed by atoms with van der Waals surface area (Å²) in [6.45, 7) is 7.62. The third-order valence-corrected chi connectivity index (χ3v) is 3.45. The summed E-state index contributed by atoms with van der Waals surface area (Å²) in [6.07, 6.45) is 0.622. The quantitative estimate of drug-likeness (QED) is 0.822. The molecule has 1 aromatic rings. The Hall–Kier alpha value is -0.670. The van der Waals surface area contributed by atoms with Gasteiger partial charge in [0.1, 0.15) is 5.78 Å². The predicted octanol–water partition coefficient (Wildman–Crippen LogP) is 3.89. The number of hydrogen-bond acceptors (Lipinski definition) is 2. The number of hydrogen-bond donors (Lipinski definition) is 0. The molecule has 0 unspecified atom stereocenters. The van der Waals surface area contributed by atoms with Crippen molar-refractivity contribution < 1.29 is 4.79 Å². The molecule has 2 nitrogen and oxygen atoms in total. The zero-order valence-electron chi connectivity index (χ0n) is 11.7. The van der Waals surface area contributed by atoms with E-state index in [0.29, 0.717) is 12.2 Å². The summed E-state index contributed by atoms with van der Waals surface area (Å²) in [7, 11) is 2.05. The molecule has 0 N–H and O–H groups in total. The average molecular weight is 312 g/mol. The van der Waals surface area contributed by atoms with Gasteiger partial charge >= 0.3 is 0 Å². The van der Waals surface area contributed by atoms with Gasteiger partial charge in [-0.15, -0.1) is 0 Å². The van der Waals surface area contributed by atoms with Crippen molar-refractivity contribution in [1.29, 1.82) is 0 Å². The Morgan fingerprint density at radius 1 is 1.22 bits per heavy atom. The summed E-state index contributed by atoms with van der Waals surface area (Å²) in [5, 5.41) is 0. The smallest absolute Gasteiger partial charge is 0.139 e. The molecule has 0 aliphatic carbocycles. The van der Waals surface area contributed by atoms with Gasteiger partial charge in [0.15, 0.2) is 0 Å². The van der Waals surface area contributed by atoms with E-state index in [2.05, 4.69) is 40.0 Å². The maximum Gasteiger partial charge on any atom is 0.139 e. The highest BCUT2D eigenvalue weighted by Gasteiger charge is 2.20. The van der Waals surface area contributed by atoms with Gasteiger partial charge in [-0.3, -0.25) is 4.79 Å². The van der Waals surface area contributed by atoms with E-state index in [4.69, 9.17) is 0 Å². The molecule has 0 spiro atoms. The fraction of sp³-hybridized carbons (Fsp3) is 0.533. The van der Waals surface area contributed by atoms with Crippen LogP contribution in [0.2, 0.25) is 0 Å². The zero-order chi connectivity index (χ0) is 13.8. The number of rotatable bonds is 5. The number of Topliss-reactive ketones (excluding diaryl/α,β-unsaturated/α-hetero) is 1. The second kappa shape index (κ2) is 6.48. The van der Waals surface area contributed by atoms with Gasteiger partial charge < -0.3 is 4.90 Å². The maximum absolute atomic E-state index is 11.8. The summed E-state index contributed by atoms with van der Waals surface area (Å²) in [5.74, 6) is 0.324. The monoisotopic (exact) mass is 311 g/mol. The lowest BCUT2D eigenvalue weighted by atomic mass is 9.89. The molecular formula is C15H22BrNO. The first-order valence-corrected chi connectivity index (χ1v) is 7.04. The lowest BCUT2D eigenvalue weighted by Gasteiger charge is -2.20. The molecule has 0 radical (unpaired) electrons. The van der Waals surface area contributed by atoms with Gasteiger partial charge in [-0.1, -0.05) is 48.8 Å². The van der Waals surface area contributed by atoms with Crippen LogP contribution in [0.5, 0.6) is 0 Å². The van der Waals surface area contributed by atoms with Gasteiger partial charge in [0.2, 0.25) is 0 Å². The Balaban J connectivity index is 2.40. The normalized spacial score (nSPS) is 11.9. The van der Waals surface area contributed by atoms with Gasteiger partial charge in [-0.25, -0.2) is 0 Å². The minimum atomic E-state index is -0.224. The average Bonchev–Trinajstić information content (AvgIpc) is 2.28. The Morgan fingerprint density at radius 2 is 1.78 bits per heavy atom. The molecule has 0 heterocycles. The van der Waals surface area contributed by atoms with E-state index >= 15 is 0 Å². The van der Waals surface area contributed by atoms with E-state index in [0.717, 1.165) is 17.6 Å². The first-order valence-electron chi connectivity index (χ1n) is 6.25. The molecule has 0 aromatic heterocycles. The highest BCUT2D eigenvalue weighted by atomic mass is 79.9. The second-order valence-electron chi connectivity index (χ2n) is 5.79. The molecular weight excluding hydrogens is 290 g/mol. The number of nitrogens with zero attached hydrogens (tertiary/aromatic N) is 1. The van der Waals surface area contributed by atoms with Crippen molar-refractivity contribution in [2.24, 2.45) is 5.41 Å². The van der Waals surface area contributed by atoms with E-state index in [1.807, 2.05) is 32.9 Å². The molecule has 0 aliphatic heterocycles. The van der Waals surface area contributed by atoms with Crippen LogP contribution in [-0.4, -0.2) is 24.3 Å². The van der Waals surface area contributed by atoms with Crippen molar-refractivity contribution in [2.75, 3.05) is 13.6 Å². The van der Waals surface area contributed by atoms with Crippen molar-refractivity contribution in [3.8, 4) is 0 Å². The fourth-order valence-electron chi connectivity index (χ4n) is 1.65. The van der Waals surface area contributed by atoms with Crippen LogP contribution in [0.1, 0.15) is 32.8 Å². The molecule has 0 atom stereocenters. The van der Waals surface area contributed by atoms with Crippen molar-refractivity contribution >= 4 is 21.7 Å². The van der Waals surface area contributed by atoms with Crippen LogP contribution < -0.4 is 0 Å². The van der Waals surface area contributed by atoms with Crippen LogP contribution in [0.4, 0.5) is 0 Å². The molecule has 0 saturated carbocycles. The lowest BCUT2D eigenvalue weighted by molar-refractivity contribution is -0.126. The topological polar surface area (TPSA) is 20.3 Å². The molecule has 0 fully saturated rings. The number of halogens is 1. The second-order valence-corrected chi connectivity index (χ2v) is 6.70. The van der Waals surface area contributed by atoms with Gasteiger partial charge in [-0.05, 0) is 24.7 Å². The molecule has 100 valence electrons. The molecule has 1 rings (SSSR count). The van der Waals surface area contributed by atoms with E-state index in [9.17, 15) is 4.79 Å². The van der Waals surface area contributed by atoms with Gasteiger partial charge in [0.05, 0.1) is 0 Å². The number of carbonyl (C=O) groups is 1. The number of ketones is 1. The van der Waals surface area contributed by atoms with Gasteiger partial charge in [0.25, 0.3) is 0 Å². The van der Waals surface area contributed by atoms with E-state index in [1.165, 1.54) is 5.56 Å². The van der Waals surface area contributed by atoms with Crippen molar-refractivity contribution in [3.05, 3.63) is 34.3 Å². The van der Waals surface area contributed by atoms with Gasteiger partial charge in [0, 0.05) is 29.4 Å². The van der Waals surface area contributed by atoms with Crippen LogP contribution in [0, 0.1) is 5.41 Å². The Morgan fingerprint density at radius 3 is 2.28 bits per heavy atom. The lowest BCUT2D eigenvalue weighted by Crippen LogP contribution is -2.27. The SMILES string of the molecule is CN(CCC(=O)C(C)(C)C)Cc1ccc(Br)cc1. The Labute approximate surface area is 119 Å². The fourth-order valence-corrected chi connectivity index (χ4v) is 1.91. The van der Waals surface area contributed by atoms with E-state index in [-0.39, 0.29) is 5.41 Å². The molecule has 0 bridgehead atoms. The Bertz CT molecular complexity index is 392. The summed E-state index contributed by atoms with van der Waals surface area (Å²) in [5.41, 5.74) is 1.04. The molecule has 0 amide bonds. The number of benzene rings is 1. The predicted molar refractivity (Wildman–Crippen MR) is 79.6 cm³/mol. The molecule has 1 aromatic carbocycles. The Kier molecular flexibility index (Phi) is 5.54. The van der Waals surface area contributed by atoms with E-state index in [1.54, 1.807) is 0 Å². The molecule has 0 aliphatic rings. The minimum absolute atomic E-state index is 0.224. The third kappa shape index (κ3) is 5.32. The standard InChI is InChI=1S/C15H22BrNO/c1-15(2,3)14(18)9-10-17(4)11-12-5-7-13(16)8-6-12/h5-8H,9-11H2,1-4H3. The van der Waals surface area contributed by atoms with Crippen LogP contribution in [0.3, 0.4) is 0 Å². The summed E-state index contributed by atoms with van der Waals surface area (Å²) in [6, 6.07) is 8.30. The highest BCUT2D eigenvalue weighted by molar-refractivity contribution is 9.10. The molecule has 3 heteroatoms.